The molecule has 0 bridgehead atoms. The number of carbonyl (C=O) groups excluding carboxylic acids is 3. The fourth-order valence-electron chi connectivity index (χ4n) is 3.94. The molecule has 0 aliphatic heterocycles. The molecule has 0 spiro atoms. The number of nitrogens with two attached hydrogens (primary N) is 3. The predicted octanol–water partition coefficient (Wildman–Crippen LogP) is 1.06. The van der Waals surface area contributed by atoms with Crippen LogP contribution in [0.5, 0.6) is 5.75 Å². The molecule has 0 heterocycles. The number of hydrogen-bond donors (Lipinski definition) is 5. The van der Waals surface area contributed by atoms with E-state index in [0.717, 1.165) is 29.7 Å². The van der Waals surface area contributed by atoms with Gasteiger partial charge >= 0.3 is 0 Å². The Morgan fingerprint density at radius 3 is 2.21 bits per heavy atom. The normalized spacial score (nSPS) is 12.3. The molecule has 0 aromatic heterocycles. The summed E-state index contributed by atoms with van der Waals surface area (Å²) in [5.41, 5.74) is 19.2. The van der Waals surface area contributed by atoms with Gasteiger partial charge in [-0.2, -0.15) is 0 Å². The molecule has 2 unspecified atom stereocenters. The smallest absolute Gasteiger partial charge is 0.242 e. The molecule has 2 atom stereocenters. The Bertz CT molecular complexity index is 997. The molecule has 0 aliphatic rings. The molecular weight excluding hydrogens is 496 g/mol. The summed E-state index contributed by atoms with van der Waals surface area (Å²) in [5, 5.41) is 5.66. The highest BCUT2D eigenvalue weighted by Crippen LogP contribution is 2.13. The van der Waals surface area contributed by atoms with Crippen LogP contribution in [0.15, 0.2) is 54.6 Å². The van der Waals surface area contributed by atoms with Gasteiger partial charge in [0.15, 0.2) is 0 Å². The molecule has 8 N–H and O–H groups in total. The van der Waals surface area contributed by atoms with Gasteiger partial charge in [0.1, 0.15) is 11.8 Å². The Morgan fingerprint density at radius 1 is 0.923 bits per heavy atom. The van der Waals surface area contributed by atoms with Crippen LogP contribution in [0.1, 0.15) is 43.7 Å². The molecule has 0 saturated heterocycles. The Kier molecular flexibility index (Phi) is 14.6. The van der Waals surface area contributed by atoms with E-state index in [2.05, 4.69) is 17.6 Å². The number of unbranched alkanes of at least 4 members (excludes halogenated alkanes) is 1. The third-order valence-electron chi connectivity index (χ3n) is 6.24. The van der Waals surface area contributed by atoms with Gasteiger partial charge in [-0.25, -0.2) is 0 Å². The van der Waals surface area contributed by atoms with E-state index in [1.807, 2.05) is 54.6 Å². The lowest BCUT2D eigenvalue weighted by molar-refractivity contribution is -0.135. The second-order valence-electron chi connectivity index (χ2n) is 9.42. The van der Waals surface area contributed by atoms with E-state index in [-0.39, 0.29) is 31.3 Å². The van der Waals surface area contributed by atoms with E-state index >= 15 is 0 Å². The van der Waals surface area contributed by atoms with Gasteiger partial charge in [-0.1, -0.05) is 55.8 Å². The Morgan fingerprint density at radius 2 is 1.59 bits per heavy atom. The highest BCUT2D eigenvalue weighted by molar-refractivity contribution is 5.92. The van der Waals surface area contributed by atoms with Crippen LogP contribution in [-0.2, 0) is 27.3 Å². The van der Waals surface area contributed by atoms with Gasteiger partial charge in [0.05, 0.1) is 19.1 Å². The van der Waals surface area contributed by atoms with Crippen molar-refractivity contribution in [3.05, 3.63) is 65.7 Å². The molecular formula is C29H44N6O4. The summed E-state index contributed by atoms with van der Waals surface area (Å²) in [6.45, 7) is 4.30. The lowest BCUT2D eigenvalue weighted by Crippen LogP contribution is -2.53. The third-order valence-corrected chi connectivity index (χ3v) is 6.24. The summed E-state index contributed by atoms with van der Waals surface area (Å²) in [5.74, 6) is -0.410. The molecule has 2 aromatic carbocycles. The zero-order valence-corrected chi connectivity index (χ0v) is 22.9. The quantitative estimate of drug-likeness (QED) is 0.176. The number of nitrogens with zero attached hydrogens (tertiary/aromatic N) is 1. The summed E-state index contributed by atoms with van der Waals surface area (Å²) in [6.07, 6.45) is 2.81. The van der Waals surface area contributed by atoms with E-state index in [1.54, 1.807) is 0 Å². The van der Waals surface area contributed by atoms with Crippen molar-refractivity contribution in [1.29, 1.82) is 0 Å². The second kappa shape index (κ2) is 17.9. The number of carbonyl (C=O) groups is 3. The minimum absolute atomic E-state index is 0.203. The average Bonchev–Trinajstić information content (AvgIpc) is 2.95. The molecule has 3 amide bonds. The van der Waals surface area contributed by atoms with Crippen LogP contribution in [0.2, 0.25) is 0 Å². The standard InChI is InChI=1S/C29H44N6O4/c1-2-3-19-39-24-12-9-23(10-13-24)21-33-29(38)26(14-11-22-7-5-4-6-8-22)34-28(37)25(32)20-27(36)35(17-15-30)18-16-31/h4-10,12-13,25-26H,2-3,11,14-21,30-32H2,1H3,(H,33,38)(H,34,37). The number of hydrogen-bond acceptors (Lipinski definition) is 7. The number of aryl methyl sites for hydroxylation is 1. The van der Waals surface area contributed by atoms with Crippen molar-refractivity contribution in [1.82, 2.24) is 15.5 Å². The van der Waals surface area contributed by atoms with E-state index < -0.39 is 18.0 Å². The Balaban J connectivity index is 2.00. The molecule has 2 aromatic rings. The molecule has 39 heavy (non-hydrogen) atoms. The summed E-state index contributed by atoms with van der Waals surface area (Å²) in [7, 11) is 0. The van der Waals surface area contributed by atoms with Crippen LogP contribution in [-0.4, -0.2) is 67.5 Å². The lowest BCUT2D eigenvalue weighted by atomic mass is 10.0. The van der Waals surface area contributed by atoms with Crippen LogP contribution >= 0.6 is 0 Å². The van der Waals surface area contributed by atoms with Crippen molar-refractivity contribution in [2.24, 2.45) is 17.2 Å². The van der Waals surface area contributed by atoms with Crippen LogP contribution < -0.4 is 32.6 Å². The maximum atomic E-state index is 13.1. The average molecular weight is 541 g/mol. The topological polar surface area (TPSA) is 166 Å². The Labute approximate surface area is 231 Å². The zero-order valence-electron chi connectivity index (χ0n) is 22.9. The van der Waals surface area contributed by atoms with Gasteiger partial charge < -0.3 is 37.5 Å². The fourth-order valence-corrected chi connectivity index (χ4v) is 3.94. The van der Waals surface area contributed by atoms with Crippen LogP contribution in [0.3, 0.4) is 0 Å². The van der Waals surface area contributed by atoms with Crippen molar-refractivity contribution >= 4 is 17.7 Å². The monoisotopic (exact) mass is 540 g/mol. The predicted molar refractivity (Wildman–Crippen MR) is 153 cm³/mol. The third kappa shape index (κ3) is 11.8. The SMILES string of the molecule is CCCCOc1ccc(CNC(=O)C(CCc2ccccc2)NC(=O)C(N)CC(=O)N(CCN)CCN)cc1. The van der Waals surface area contributed by atoms with Gasteiger partial charge in [-0.3, -0.25) is 14.4 Å². The van der Waals surface area contributed by atoms with Crippen molar-refractivity contribution in [2.75, 3.05) is 32.8 Å². The largest absolute Gasteiger partial charge is 0.494 e. The molecule has 0 fully saturated rings. The molecule has 0 saturated carbocycles. The van der Waals surface area contributed by atoms with Gasteiger partial charge in [0, 0.05) is 32.7 Å². The minimum Gasteiger partial charge on any atom is -0.494 e. The number of nitrogens with one attached hydrogen (secondary N) is 2. The van der Waals surface area contributed by atoms with Crippen molar-refractivity contribution in [3.8, 4) is 5.75 Å². The van der Waals surface area contributed by atoms with Crippen LogP contribution in [0, 0.1) is 0 Å². The summed E-state index contributed by atoms with van der Waals surface area (Å²) in [6, 6.07) is 15.3. The molecule has 10 heteroatoms. The second-order valence-corrected chi connectivity index (χ2v) is 9.42. The lowest BCUT2D eigenvalue weighted by Gasteiger charge is -2.24. The number of benzene rings is 2. The van der Waals surface area contributed by atoms with E-state index in [0.29, 0.717) is 39.1 Å². The highest BCUT2D eigenvalue weighted by Gasteiger charge is 2.26. The first kappa shape index (κ1) is 31.7. The van der Waals surface area contributed by atoms with Crippen LogP contribution in [0.4, 0.5) is 0 Å². The zero-order chi connectivity index (χ0) is 28.5. The van der Waals surface area contributed by atoms with E-state index in [1.165, 1.54) is 4.90 Å². The van der Waals surface area contributed by atoms with Crippen LogP contribution in [0.25, 0.3) is 0 Å². The van der Waals surface area contributed by atoms with Gasteiger partial charge in [0.2, 0.25) is 17.7 Å². The number of rotatable bonds is 18. The van der Waals surface area contributed by atoms with Crippen molar-refractivity contribution in [3.63, 3.8) is 0 Å². The van der Waals surface area contributed by atoms with E-state index in [9.17, 15) is 14.4 Å². The molecule has 2 rings (SSSR count). The first-order chi connectivity index (χ1) is 18.9. The van der Waals surface area contributed by atoms with E-state index in [4.69, 9.17) is 21.9 Å². The summed E-state index contributed by atoms with van der Waals surface area (Å²) in [4.78, 5) is 40.1. The fraction of sp³-hybridized carbons (Fsp3) is 0.483. The summed E-state index contributed by atoms with van der Waals surface area (Å²) >= 11 is 0. The number of amides is 3. The van der Waals surface area contributed by atoms with Crippen molar-refractivity contribution in [2.45, 2.75) is 57.7 Å². The molecule has 0 aliphatic carbocycles. The maximum absolute atomic E-state index is 13.1. The first-order valence-corrected chi connectivity index (χ1v) is 13.6. The molecule has 10 nitrogen and oxygen atoms in total. The highest BCUT2D eigenvalue weighted by atomic mass is 16.5. The molecule has 0 radical (unpaired) electrons. The molecule has 214 valence electrons. The summed E-state index contributed by atoms with van der Waals surface area (Å²) < 4.78 is 5.69. The van der Waals surface area contributed by atoms with Gasteiger partial charge in [-0.05, 0) is 42.5 Å². The van der Waals surface area contributed by atoms with Gasteiger partial charge in [-0.15, -0.1) is 0 Å². The minimum atomic E-state index is -1.11. The van der Waals surface area contributed by atoms with Crippen molar-refractivity contribution < 1.29 is 19.1 Å². The van der Waals surface area contributed by atoms with Gasteiger partial charge in [0.25, 0.3) is 0 Å². The Hall–Kier alpha value is -3.47. The number of ether oxygens (including phenoxy) is 1. The maximum Gasteiger partial charge on any atom is 0.242 e. The first-order valence-electron chi connectivity index (χ1n) is 13.6.